The monoisotopic (exact) mass is 223 g/mol. The van der Waals surface area contributed by atoms with Crippen molar-refractivity contribution in [1.29, 1.82) is 5.26 Å². The molecule has 0 unspecified atom stereocenters. The molecule has 0 saturated carbocycles. The van der Waals surface area contributed by atoms with E-state index in [1.807, 2.05) is 13.0 Å². The van der Waals surface area contributed by atoms with E-state index in [2.05, 4.69) is 9.98 Å². The first-order valence-electron chi connectivity index (χ1n) is 4.45. The molecule has 1 aromatic rings. The van der Waals surface area contributed by atoms with Crippen molar-refractivity contribution in [3.63, 3.8) is 0 Å². The molecular formula is C10H10ClN3O. The van der Waals surface area contributed by atoms with E-state index in [1.165, 1.54) is 0 Å². The summed E-state index contributed by atoms with van der Waals surface area (Å²) in [5.74, 6) is 0.356. The van der Waals surface area contributed by atoms with E-state index in [9.17, 15) is 0 Å². The second-order valence-electron chi connectivity index (χ2n) is 2.67. The molecule has 1 aromatic heterocycles. The standard InChI is InChI=1S/C10H10ClN3O/c1-2-15-9(14-7-12)6-8-4-3-5-13-10(8)11/h3-5H,2,6H2,1H3/b14-9-. The molecule has 4 nitrogen and oxygen atoms in total. The van der Waals surface area contributed by atoms with Crippen LogP contribution in [0.3, 0.4) is 0 Å². The van der Waals surface area contributed by atoms with Crippen LogP contribution >= 0.6 is 11.6 Å². The number of nitriles is 1. The number of hydrogen-bond donors (Lipinski definition) is 0. The van der Waals surface area contributed by atoms with Crippen LogP contribution in [0.15, 0.2) is 23.3 Å². The van der Waals surface area contributed by atoms with Crippen molar-refractivity contribution in [1.82, 2.24) is 4.98 Å². The molecule has 15 heavy (non-hydrogen) atoms. The van der Waals surface area contributed by atoms with Gasteiger partial charge in [-0.05, 0) is 18.6 Å². The lowest BCUT2D eigenvalue weighted by atomic mass is 10.2. The average molecular weight is 224 g/mol. The van der Waals surface area contributed by atoms with Crippen LogP contribution in [0.4, 0.5) is 0 Å². The Morgan fingerprint density at radius 1 is 1.73 bits per heavy atom. The summed E-state index contributed by atoms with van der Waals surface area (Å²) in [6, 6.07) is 3.60. The smallest absolute Gasteiger partial charge is 0.208 e. The predicted molar refractivity (Wildman–Crippen MR) is 57.6 cm³/mol. The number of hydrogen-bond acceptors (Lipinski definition) is 4. The molecule has 0 aromatic carbocycles. The quantitative estimate of drug-likeness (QED) is 0.342. The fraction of sp³-hybridized carbons (Fsp3) is 0.300. The van der Waals surface area contributed by atoms with E-state index in [0.29, 0.717) is 24.1 Å². The van der Waals surface area contributed by atoms with Crippen molar-refractivity contribution in [2.45, 2.75) is 13.3 Å². The minimum atomic E-state index is 0.356. The van der Waals surface area contributed by atoms with Crippen LogP contribution in [0.5, 0.6) is 0 Å². The maximum Gasteiger partial charge on any atom is 0.208 e. The van der Waals surface area contributed by atoms with Crippen LogP contribution in [-0.4, -0.2) is 17.5 Å². The highest BCUT2D eigenvalue weighted by Crippen LogP contribution is 2.12. The van der Waals surface area contributed by atoms with E-state index in [4.69, 9.17) is 21.6 Å². The molecule has 0 spiro atoms. The minimum Gasteiger partial charge on any atom is -0.480 e. The maximum atomic E-state index is 8.44. The molecule has 0 aliphatic rings. The number of halogens is 1. The predicted octanol–water partition coefficient (Wildman–Crippen LogP) is 2.19. The first kappa shape index (κ1) is 11.5. The van der Waals surface area contributed by atoms with Gasteiger partial charge in [-0.25, -0.2) is 4.98 Å². The molecule has 0 amide bonds. The van der Waals surface area contributed by atoms with Crippen molar-refractivity contribution in [3.8, 4) is 6.19 Å². The lowest BCUT2D eigenvalue weighted by molar-refractivity contribution is 0.320. The third-order valence-electron chi connectivity index (χ3n) is 1.66. The van der Waals surface area contributed by atoms with Gasteiger partial charge in [0.15, 0.2) is 0 Å². The summed E-state index contributed by atoms with van der Waals surface area (Å²) < 4.78 is 5.18. The summed E-state index contributed by atoms with van der Waals surface area (Å²) in [6.45, 7) is 2.30. The number of ether oxygens (including phenoxy) is 1. The van der Waals surface area contributed by atoms with Crippen molar-refractivity contribution in [2.24, 2.45) is 4.99 Å². The van der Waals surface area contributed by atoms with Gasteiger partial charge in [-0.1, -0.05) is 17.7 Å². The lowest BCUT2D eigenvalue weighted by Crippen LogP contribution is -2.08. The molecule has 0 aliphatic heterocycles. The largest absolute Gasteiger partial charge is 0.480 e. The van der Waals surface area contributed by atoms with E-state index in [1.54, 1.807) is 18.5 Å². The summed E-state index contributed by atoms with van der Waals surface area (Å²) in [5.41, 5.74) is 0.793. The van der Waals surface area contributed by atoms with E-state index >= 15 is 0 Å². The fourth-order valence-corrected chi connectivity index (χ4v) is 1.25. The highest BCUT2D eigenvalue weighted by Gasteiger charge is 2.06. The highest BCUT2D eigenvalue weighted by atomic mass is 35.5. The summed E-state index contributed by atoms with van der Waals surface area (Å²) >= 11 is 5.86. The van der Waals surface area contributed by atoms with Gasteiger partial charge in [0.2, 0.25) is 12.1 Å². The zero-order valence-corrected chi connectivity index (χ0v) is 9.03. The fourth-order valence-electron chi connectivity index (χ4n) is 1.06. The van der Waals surface area contributed by atoms with Gasteiger partial charge < -0.3 is 4.74 Å². The molecule has 0 fully saturated rings. The van der Waals surface area contributed by atoms with E-state index < -0.39 is 0 Å². The van der Waals surface area contributed by atoms with Crippen LogP contribution in [0.25, 0.3) is 0 Å². The Hall–Kier alpha value is -1.60. The zero-order valence-electron chi connectivity index (χ0n) is 8.27. The first-order valence-corrected chi connectivity index (χ1v) is 4.83. The van der Waals surface area contributed by atoms with Crippen molar-refractivity contribution < 1.29 is 4.74 Å². The number of nitrogens with zero attached hydrogens (tertiary/aromatic N) is 3. The molecule has 0 saturated heterocycles. The van der Waals surface area contributed by atoms with E-state index in [0.717, 1.165) is 5.56 Å². The molecule has 1 rings (SSSR count). The third kappa shape index (κ3) is 3.56. The van der Waals surface area contributed by atoms with Gasteiger partial charge in [0.05, 0.1) is 13.0 Å². The van der Waals surface area contributed by atoms with Gasteiger partial charge >= 0.3 is 0 Å². The minimum absolute atomic E-state index is 0.356. The van der Waals surface area contributed by atoms with Gasteiger partial charge in [0.1, 0.15) is 5.15 Å². The molecule has 0 bridgehead atoms. The van der Waals surface area contributed by atoms with Crippen LogP contribution in [0.1, 0.15) is 12.5 Å². The van der Waals surface area contributed by atoms with Crippen LogP contribution in [-0.2, 0) is 11.2 Å². The lowest BCUT2D eigenvalue weighted by Gasteiger charge is -2.06. The van der Waals surface area contributed by atoms with Crippen molar-refractivity contribution >= 4 is 17.5 Å². The Morgan fingerprint density at radius 2 is 2.53 bits per heavy atom. The van der Waals surface area contributed by atoms with Gasteiger partial charge in [0, 0.05) is 6.20 Å². The second kappa shape index (κ2) is 5.99. The third-order valence-corrected chi connectivity index (χ3v) is 2.00. The molecule has 5 heteroatoms. The SMILES string of the molecule is CCO/C(Cc1cccnc1Cl)=N\C#N. The molecular weight excluding hydrogens is 214 g/mol. The number of rotatable bonds is 3. The molecule has 0 atom stereocenters. The van der Waals surface area contributed by atoms with E-state index in [-0.39, 0.29) is 0 Å². The topological polar surface area (TPSA) is 58.3 Å². The summed E-state index contributed by atoms with van der Waals surface area (Å²) in [4.78, 5) is 7.49. The van der Waals surface area contributed by atoms with Crippen LogP contribution < -0.4 is 0 Å². The zero-order chi connectivity index (χ0) is 11.1. The van der Waals surface area contributed by atoms with Gasteiger partial charge in [-0.15, -0.1) is 4.99 Å². The summed E-state index contributed by atoms with van der Waals surface area (Å²) in [7, 11) is 0. The summed E-state index contributed by atoms with van der Waals surface area (Å²) in [6.07, 6.45) is 3.68. The van der Waals surface area contributed by atoms with Crippen LogP contribution in [0, 0.1) is 11.5 Å². The molecule has 0 radical (unpaired) electrons. The molecule has 1 heterocycles. The molecule has 78 valence electrons. The van der Waals surface area contributed by atoms with Crippen molar-refractivity contribution in [3.05, 3.63) is 29.0 Å². The van der Waals surface area contributed by atoms with Gasteiger partial charge in [-0.2, -0.15) is 5.26 Å². The Labute approximate surface area is 93.2 Å². The number of pyridine rings is 1. The van der Waals surface area contributed by atoms with Gasteiger partial charge in [-0.3, -0.25) is 0 Å². The Kier molecular flexibility index (Phi) is 4.58. The molecule has 0 aliphatic carbocycles. The Morgan fingerprint density at radius 3 is 3.13 bits per heavy atom. The van der Waals surface area contributed by atoms with Crippen LogP contribution in [0.2, 0.25) is 5.15 Å². The number of aliphatic imine (C=N–C) groups is 1. The number of aromatic nitrogens is 1. The molecule has 0 N–H and O–H groups in total. The normalized spacial score (nSPS) is 10.9. The highest BCUT2D eigenvalue weighted by molar-refractivity contribution is 6.30. The maximum absolute atomic E-state index is 8.44. The van der Waals surface area contributed by atoms with Crippen molar-refractivity contribution in [2.75, 3.05) is 6.61 Å². The van der Waals surface area contributed by atoms with Gasteiger partial charge in [0.25, 0.3) is 0 Å². The Bertz CT molecular complexity index is 398. The average Bonchev–Trinajstić information content (AvgIpc) is 2.22. The summed E-state index contributed by atoms with van der Waals surface area (Å²) in [5, 5.41) is 8.85. The second-order valence-corrected chi connectivity index (χ2v) is 3.03. The Balaban J connectivity index is 2.80. The first-order chi connectivity index (χ1) is 7.27.